The van der Waals surface area contributed by atoms with E-state index in [1.165, 1.54) is 12.1 Å². The van der Waals surface area contributed by atoms with Crippen LogP contribution in [-0.4, -0.2) is 5.11 Å². The Morgan fingerprint density at radius 3 is 2.44 bits per heavy atom. The highest BCUT2D eigenvalue weighted by molar-refractivity contribution is 5.38. The maximum Gasteiger partial charge on any atom is 0.130 e. The molecule has 0 atom stereocenters. The fraction of sp³-hybridized carbons (Fsp3) is 0.0714. The lowest BCUT2D eigenvalue weighted by molar-refractivity contribution is 0.280. The Balaban J connectivity index is 2.22. The SMILES string of the molecule is N#Cc1ccc(Oc2cc(F)cc(CO)c2)cc1. The fourth-order valence-electron chi connectivity index (χ4n) is 1.50. The molecule has 1 N–H and O–H groups in total. The molecule has 4 heteroatoms. The number of hydrogen-bond donors (Lipinski definition) is 1. The molecule has 0 saturated heterocycles. The summed E-state index contributed by atoms with van der Waals surface area (Å²) in [4.78, 5) is 0. The first-order valence-electron chi connectivity index (χ1n) is 5.29. The molecule has 3 nitrogen and oxygen atoms in total. The van der Waals surface area contributed by atoms with E-state index in [1.807, 2.05) is 6.07 Å². The molecule has 2 rings (SSSR count). The highest BCUT2D eigenvalue weighted by atomic mass is 19.1. The van der Waals surface area contributed by atoms with E-state index in [4.69, 9.17) is 15.1 Å². The fourth-order valence-corrected chi connectivity index (χ4v) is 1.50. The number of halogens is 1. The summed E-state index contributed by atoms with van der Waals surface area (Å²) in [6.45, 7) is -0.249. The van der Waals surface area contributed by atoms with E-state index in [0.29, 0.717) is 22.6 Å². The Morgan fingerprint density at radius 1 is 1.11 bits per heavy atom. The largest absolute Gasteiger partial charge is 0.457 e. The van der Waals surface area contributed by atoms with Crippen molar-refractivity contribution in [3.05, 3.63) is 59.4 Å². The molecule has 0 fully saturated rings. The van der Waals surface area contributed by atoms with Gasteiger partial charge in [0.05, 0.1) is 18.2 Å². The first-order chi connectivity index (χ1) is 8.71. The van der Waals surface area contributed by atoms with Crippen molar-refractivity contribution in [1.29, 1.82) is 5.26 Å². The van der Waals surface area contributed by atoms with Gasteiger partial charge in [-0.15, -0.1) is 0 Å². The van der Waals surface area contributed by atoms with Crippen LogP contribution in [0.5, 0.6) is 11.5 Å². The van der Waals surface area contributed by atoms with E-state index in [9.17, 15) is 4.39 Å². The van der Waals surface area contributed by atoms with Gasteiger partial charge < -0.3 is 9.84 Å². The van der Waals surface area contributed by atoms with E-state index < -0.39 is 5.82 Å². The van der Waals surface area contributed by atoms with Gasteiger partial charge in [0.2, 0.25) is 0 Å². The Labute approximate surface area is 104 Å². The van der Waals surface area contributed by atoms with Crippen LogP contribution in [0.15, 0.2) is 42.5 Å². The zero-order chi connectivity index (χ0) is 13.0. The van der Waals surface area contributed by atoms with Gasteiger partial charge in [-0.05, 0) is 42.0 Å². The first-order valence-corrected chi connectivity index (χ1v) is 5.29. The van der Waals surface area contributed by atoms with Crippen LogP contribution in [0, 0.1) is 17.1 Å². The number of hydrogen-bond acceptors (Lipinski definition) is 3. The van der Waals surface area contributed by atoms with E-state index in [2.05, 4.69) is 0 Å². The molecule has 2 aromatic rings. The summed E-state index contributed by atoms with van der Waals surface area (Å²) in [6, 6.07) is 12.5. The van der Waals surface area contributed by atoms with Crippen LogP contribution in [0.2, 0.25) is 0 Å². The van der Waals surface area contributed by atoms with Gasteiger partial charge in [-0.1, -0.05) is 0 Å². The highest BCUT2D eigenvalue weighted by Gasteiger charge is 2.03. The van der Waals surface area contributed by atoms with Gasteiger partial charge in [0, 0.05) is 6.07 Å². The summed E-state index contributed by atoms with van der Waals surface area (Å²) in [5.74, 6) is 0.345. The number of nitrogens with zero attached hydrogens (tertiary/aromatic N) is 1. The maximum absolute atomic E-state index is 13.2. The Hall–Kier alpha value is -2.38. The van der Waals surface area contributed by atoms with Crippen LogP contribution in [0.4, 0.5) is 4.39 Å². The van der Waals surface area contributed by atoms with Crippen molar-refractivity contribution < 1.29 is 14.2 Å². The van der Waals surface area contributed by atoms with E-state index >= 15 is 0 Å². The summed E-state index contributed by atoms with van der Waals surface area (Å²) in [5, 5.41) is 17.6. The summed E-state index contributed by atoms with van der Waals surface area (Å²) in [5.41, 5.74) is 0.969. The minimum atomic E-state index is -0.467. The second kappa shape index (κ2) is 5.30. The molecule has 0 spiro atoms. The third-order valence-electron chi connectivity index (χ3n) is 2.33. The lowest BCUT2D eigenvalue weighted by atomic mass is 10.2. The van der Waals surface area contributed by atoms with Gasteiger partial charge in [0.1, 0.15) is 17.3 Å². The number of rotatable bonds is 3. The van der Waals surface area contributed by atoms with Crippen LogP contribution >= 0.6 is 0 Å². The second-order valence-corrected chi connectivity index (χ2v) is 3.69. The van der Waals surface area contributed by atoms with Crippen molar-refractivity contribution in [2.45, 2.75) is 6.61 Å². The minimum Gasteiger partial charge on any atom is -0.457 e. The molecule has 90 valence electrons. The van der Waals surface area contributed by atoms with Gasteiger partial charge in [0.15, 0.2) is 0 Å². The summed E-state index contributed by atoms with van der Waals surface area (Å²) >= 11 is 0. The number of aliphatic hydroxyl groups excluding tert-OH is 1. The summed E-state index contributed by atoms with van der Waals surface area (Å²) in [6.07, 6.45) is 0. The molecular formula is C14H10FNO2. The van der Waals surface area contributed by atoms with Crippen molar-refractivity contribution in [1.82, 2.24) is 0 Å². The van der Waals surface area contributed by atoms with Crippen molar-refractivity contribution in [3.63, 3.8) is 0 Å². The molecule has 0 radical (unpaired) electrons. The third kappa shape index (κ3) is 2.84. The van der Waals surface area contributed by atoms with E-state index in [1.54, 1.807) is 30.3 Å². The van der Waals surface area contributed by atoms with Crippen LogP contribution in [-0.2, 0) is 6.61 Å². The third-order valence-corrected chi connectivity index (χ3v) is 2.33. The molecule has 0 amide bonds. The Morgan fingerprint density at radius 2 is 1.83 bits per heavy atom. The average molecular weight is 243 g/mol. The highest BCUT2D eigenvalue weighted by Crippen LogP contribution is 2.23. The Kier molecular flexibility index (Phi) is 3.56. The molecule has 0 aliphatic heterocycles. The van der Waals surface area contributed by atoms with E-state index in [0.717, 1.165) is 0 Å². The zero-order valence-corrected chi connectivity index (χ0v) is 9.43. The average Bonchev–Trinajstić information content (AvgIpc) is 2.39. The molecule has 0 aliphatic carbocycles. The second-order valence-electron chi connectivity index (χ2n) is 3.69. The first kappa shape index (κ1) is 12.1. The van der Waals surface area contributed by atoms with Crippen molar-refractivity contribution in [3.8, 4) is 17.6 Å². The number of benzene rings is 2. The van der Waals surface area contributed by atoms with Gasteiger partial charge in [-0.25, -0.2) is 4.39 Å². The van der Waals surface area contributed by atoms with E-state index in [-0.39, 0.29) is 6.61 Å². The number of ether oxygens (including phenoxy) is 1. The normalized spacial score (nSPS) is 9.83. The van der Waals surface area contributed by atoms with Crippen LogP contribution < -0.4 is 4.74 Å². The molecule has 0 bridgehead atoms. The number of nitriles is 1. The van der Waals surface area contributed by atoms with Crippen molar-refractivity contribution in [2.75, 3.05) is 0 Å². The summed E-state index contributed by atoms with van der Waals surface area (Å²) < 4.78 is 18.6. The molecule has 18 heavy (non-hydrogen) atoms. The van der Waals surface area contributed by atoms with Gasteiger partial charge in [-0.3, -0.25) is 0 Å². The number of aliphatic hydroxyl groups is 1. The molecular weight excluding hydrogens is 233 g/mol. The predicted molar refractivity (Wildman–Crippen MR) is 63.6 cm³/mol. The van der Waals surface area contributed by atoms with Gasteiger partial charge in [-0.2, -0.15) is 5.26 Å². The predicted octanol–water partition coefficient (Wildman–Crippen LogP) is 2.98. The molecule has 2 aromatic carbocycles. The monoisotopic (exact) mass is 243 g/mol. The minimum absolute atomic E-state index is 0.249. The maximum atomic E-state index is 13.2. The van der Waals surface area contributed by atoms with Gasteiger partial charge in [0.25, 0.3) is 0 Å². The van der Waals surface area contributed by atoms with Gasteiger partial charge >= 0.3 is 0 Å². The van der Waals surface area contributed by atoms with Crippen molar-refractivity contribution in [2.24, 2.45) is 0 Å². The zero-order valence-electron chi connectivity index (χ0n) is 9.43. The lowest BCUT2D eigenvalue weighted by Gasteiger charge is -2.07. The lowest BCUT2D eigenvalue weighted by Crippen LogP contribution is -1.90. The van der Waals surface area contributed by atoms with Crippen LogP contribution in [0.25, 0.3) is 0 Å². The standard InChI is InChI=1S/C14H10FNO2/c15-12-5-11(9-17)6-14(7-12)18-13-3-1-10(8-16)2-4-13/h1-7,17H,9H2. The topological polar surface area (TPSA) is 53.2 Å². The molecule has 0 saturated carbocycles. The molecule has 0 aromatic heterocycles. The van der Waals surface area contributed by atoms with Crippen LogP contribution in [0.1, 0.15) is 11.1 Å². The quantitative estimate of drug-likeness (QED) is 0.901. The summed E-state index contributed by atoms with van der Waals surface area (Å²) in [7, 11) is 0. The molecule has 0 aliphatic rings. The smallest absolute Gasteiger partial charge is 0.130 e. The molecule has 0 heterocycles. The van der Waals surface area contributed by atoms with Crippen LogP contribution in [0.3, 0.4) is 0 Å². The Bertz CT molecular complexity index is 588. The molecule has 0 unspecified atom stereocenters. The van der Waals surface area contributed by atoms with Crippen molar-refractivity contribution >= 4 is 0 Å².